The molecule has 2 saturated heterocycles. The van der Waals surface area contributed by atoms with Crippen LogP contribution in [-0.2, 0) is 9.47 Å². The number of urea groups is 1. The lowest BCUT2D eigenvalue weighted by Gasteiger charge is -2.30. The summed E-state index contributed by atoms with van der Waals surface area (Å²) in [6, 6.07) is 1.98. The number of hydrogen-bond donors (Lipinski definition) is 2. The number of nitrogens with one attached hydrogen (secondary N) is 2. The molecule has 1 unspecified atom stereocenters. The Kier molecular flexibility index (Phi) is 6.06. The second kappa shape index (κ2) is 8.46. The zero-order chi connectivity index (χ0) is 16.8. The summed E-state index contributed by atoms with van der Waals surface area (Å²) in [5, 5.41) is 10.1. The first-order valence-corrected chi connectivity index (χ1v) is 8.72. The van der Waals surface area contributed by atoms with Gasteiger partial charge in [0, 0.05) is 51.7 Å². The summed E-state index contributed by atoms with van der Waals surface area (Å²) in [6.07, 6.45) is 4.11. The molecule has 0 saturated carbocycles. The van der Waals surface area contributed by atoms with Crippen LogP contribution in [0.3, 0.4) is 0 Å². The fourth-order valence-corrected chi connectivity index (χ4v) is 3.14. The van der Waals surface area contributed by atoms with E-state index in [4.69, 9.17) is 9.47 Å². The summed E-state index contributed by atoms with van der Waals surface area (Å²) in [4.78, 5) is 14.3. The second-order valence-electron chi connectivity index (χ2n) is 6.39. The number of rotatable bonds is 5. The molecule has 2 fully saturated rings. The summed E-state index contributed by atoms with van der Waals surface area (Å²) in [5.74, 6) is 0.582. The van der Waals surface area contributed by atoms with Crippen LogP contribution in [0.2, 0.25) is 0 Å². The molecular formula is C16H27N5O3. The molecule has 134 valence electrons. The van der Waals surface area contributed by atoms with Crippen LogP contribution in [0.4, 0.5) is 10.6 Å². The average Bonchev–Trinajstić information content (AvgIpc) is 3.04. The minimum atomic E-state index is -0.214. The van der Waals surface area contributed by atoms with Gasteiger partial charge in [-0.05, 0) is 19.8 Å². The third kappa shape index (κ3) is 4.93. The summed E-state index contributed by atoms with van der Waals surface area (Å²) in [7, 11) is 0. The van der Waals surface area contributed by atoms with E-state index in [1.165, 1.54) is 0 Å². The number of hydrogen-bond acceptors (Lipinski definition) is 5. The van der Waals surface area contributed by atoms with Crippen LogP contribution in [0.15, 0.2) is 12.3 Å². The van der Waals surface area contributed by atoms with E-state index in [1.54, 1.807) is 0 Å². The molecule has 0 aromatic carbocycles. The number of carbonyl (C=O) groups is 1. The highest BCUT2D eigenvalue weighted by molar-refractivity contribution is 5.88. The van der Waals surface area contributed by atoms with Gasteiger partial charge in [-0.3, -0.25) is 14.9 Å². The van der Waals surface area contributed by atoms with Gasteiger partial charge in [-0.25, -0.2) is 4.79 Å². The Morgan fingerprint density at radius 3 is 3.00 bits per heavy atom. The van der Waals surface area contributed by atoms with Gasteiger partial charge in [-0.15, -0.1) is 0 Å². The lowest BCUT2D eigenvalue weighted by Crippen LogP contribution is -2.45. The van der Waals surface area contributed by atoms with Crippen molar-refractivity contribution in [2.24, 2.45) is 0 Å². The van der Waals surface area contributed by atoms with Crippen LogP contribution in [0.5, 0.6) is 0 Å². The summed E-state index contributed by atoms with van der Waals surface area (Å²) < 4.78 is 12.8. The Morgan fingerprint density at radius 1 is 1.38 bits per heavy atom. The van der Waals surface area contributed by atoms with Gasteiger partial charge in [0.25, 0.3) is 0 Å². The molecule has 2 amide bonds. The molecule has 2 aliphatic rings. The predicted molar refractivity (Wildman–Crippen MR) is 90.2 cm³/mol. The van der Waals surface area contributed by atoms with E-state index >= 15 is 0 Å². The fourth-order valence-electron chi connectivity index (χ4n) is 3.14. The average molecular weight is 337 g/mol. The SMILES string of the molecule is CC1CN(CCNC(=O)Nc2ccn(C3CCOCC3)n2)CCO1. The molecule has 1 aromatic heterocycles. The molecule has 24 heavy (non-hydrogen) atoms. The van der Waals surface area contributed by atoms with Crippen molar-refractivity contribution in [2.45, 2.75) is 31.9 Å². The Balaban J connectivity index is 1.38. The van der Waals surface area contributed by atoms with Crippen molar-refractivity contribution in [3.8, 4) is 0 Å². The molecule has 0 aliphatic carbocycles. The second-order valence-corrected chi connectivity index (χ2v) is 6.39. The van der Waals surface area contributed by atoms with E-state index in [1.807, 2.05) is 16.9 Å². The van der Waals surface area contributed by atoms with Gasteiger partial charge in [0.15, 0.2) is 5.82 Å². The van der Waals surface area contributed by atoms with E-state index in [0.29, 0.717) is 18.4 Å². The Morgan fingerprint density at radius 2 is 2.21 bits per heavy atom. The van der Waals surface area contributed by atoms with Crippen molar-refractivity contribution in [3.05, 3.63) is 12.3 Å². The molecule has 0 radical (unpaired) electrons. The lowest BCUT2D eigenvalue weighted by atomic mass is 10.1. The lowest BCUT2D eigenvalue weighted by molar-refractivity contribution is -0.0174. The van der Waals surface area contributed by atoms with Crippen LogP contribution in [0.25, 0.3) is 0 Å². The first-order valence-electron chi connectivity index (χ1n) is 8.72. The van der Waals surface area contributed by atoms with Crippen molar-refractivity contribution in [2.75, 3.05) is 51.3 Å². The zero-order valence-corrected chi connectivity index (χ0v) is 14.2. The topological polar surface area (TPSA) is 80.7 Å². The molecule has 0 spiro atoms. The van der Waals surface area contributed by atoms with Crippen molar-refractivity contribution in [1.82, 2.24) is 20.0 Å². The van der Waals surface area contributed by atoms with Gasteiger partial charge < -0.3 is 14.8 Å². The minimum absolute atomic E-state index is 0.214. The van der Waals surface area contributed by atoms with Crippen LogP contribution in [0.1, 0.15) is 25.8 Å². The molecule has 8 heteroatoms. The number of morpholine rings is 1. The number of aromatic nitrogens is 2. The Labute approximate surface area is 142 Å². The van der Waals surface area contributed by atoms with Crippen LogP contribution < -0.4 is 10.6 Å². The predicted octanol–water partition coefficient (Wildman–Crippen LogP) is 1.08. The highest BCUT2D eigenvalue weighted by Crippen LogP contribution is 2.20. The van der Waals surface area contributed by atoms with Crippen LogP contribution >= 0.6 is 0 Å². The Bertz CT molecular complexity index is 530. The van der Waals surface area contributed by atoms with E-state index in [9.17, 15) is 4.79 Å². The maximum Gasteiger partial charge on any atom is 0.320 e. The molecule has 3 heterocycles. The van der Waals surface area contributed by atoms with Crippen molar-refractivity contribution in [3.63, 3.8) is 0 Å². The largest absolute Gasteiger partial charge is 0.381 e. The minimum Gasteiger partial charge on any atom is -0.381 e. The quantitative estimate of drug-likeness (QED) is 0.840. The number of carbonyl (C=O) groups excluding carboxylic acids is 1. The summed E-state index contributed by atoms with van der Waals surface area (Å²) in [5.41, 5.74) is 0. The molecule has 8 nitrogen and oxygen atoms in total. The number of anilines is 1. The molecule has 2 aliphatic heterocycles. The van der Waals surface area contributed by atoms with Gasteiger partial charge in [0.1, 0.15) is 0 Å². The third-order valence-electron chi connectivity index (χ3n) is 4.45. The monoisotopic (exact) mass is 337 g/mol. The van der Waals surface area contributed by atoms with Gasteiger partial charge in [-0.2, -0.15) is 5.10 Å². The van der Waals surface area contributed by atoms with Crippen molar-refractivity contribution in [1.29, 1.82) is 0 Å². The number of nitrogens with zero attached hydrogens (tertiary/aromatic N) is 3. The fraction of sp³-hybridized carbons (Fsp3) is 0.750. The molecule has 1 aromatic rings. The van der Waals surface area contributed by atoms with E-state index < -0.39 is 0 Å². The third-order valence-corrected chi connectivity index (χ3v) is 4.45. The highest BCUT2D eigenvalue weighted by Gasteiger charge is 2.18. The van der Waals surface area contributed by atoms with Crippen LogP contribution in [0, 0.1) is 0 Å². The molecule has 2 N–H and O–H groups in total. The van der Waals surface area contributed by atoms with Crippen LogP contribution in [-0.4, -0.2) is 72.8 Å². The first-order chi connectivity index (χ1) is 11.7. The Hall–Kier alpha value is -1.64. The normalized spacial score (nSPS) is 23.1. The smallest absolute Gasteiger partial charge is 0.320 e. The van der Waals surface area contributed by atoms with Crippen molar-refractivity contribution < 1.29 is 14.3 Å². The highest BCUT2D eigenvalue weighted by atomic mass is 16.5. The van der Waals surface area contributed by atoms with Gasteiger partial charge in [0.05, 0.1) is 18.8 Å². The molecule has 1 atom stereocenters. The molecular weight excluding hydrogens is 310 g/mol. The molecule has 0 bridgehead atoms. The van der Waals surface area contributed by atoms with Gasteiger partial charge >= 0.3 is 6.03 Å². The number of ether oxygens (including phenoxy) is 2. The zero-order valence-electron chi connectivity index (χ0n) is 14.2. The summed E-state index contributed by atoms with van der Waals surface area (Å²) >= 11 is 0. The standard InChI is InChI=1S/C16H27N5O3/c1-13-12-20(8-11-24-13)7-5-17-16(22)18-15-2-6-21(19-15)14-3-9-23-10-4-14/h2,6,13-14H,3-5,7-12H2,1H3,(H2,17,18,19,22). The maximum absolute atomic E-state index is 12.0. The maximum atomic E-state index is 12.0. The van der Waals surface area contributed by atoms with E-state index in [2.05, 4.69) is 27.6 Å². The van der Waals surface area contributed by atoms with E-state index in [0.717, 1.165) is 52.3 Å². The molecule has 3 rings (SSSR count). The van der Waals surface area contributed by atoms with Crippen molar-refractivity contribution >= 4 is 11.8 Å². The first kappa shape index (κ1) is 17.2. The number of amides is 2. The van der Waals surface area contributed by atoms with Gasteiger partial charge in [-0.1, -0.05) is 0 Å². The van der Waals surface area contributed by atoms with E-state index in [-0.39, 0.29) is 12.1 Å². The van der Waals surface area contributed by atoms with Gasteiger partial charge in [0.2, 0.25) is 0 Å². The summed E-state index contributed by atoms with van der Waals surface area (Å²) in [6.45, 7) is 7.65.